The summed E-state index contributed by atoms with van der Waals surface area (Å²) in [5.41, 5.74) is 1.65. The smallest absolute Gasteiger partial charge is 0.269 e. The number of thiophene rings is 1. The standard InChI is InChI=1S/C28H31N3O5S/c1-22-9-15-26(37-22)20-30(19-24-7-4-3-5-8-24)28(33)21-29(17-6-18-36-2)27(32)16-12-23-10-13-25(14-11-23)31(34)35/h3-5,7-16H,6,17-21H2,1-2H3. The number of ether oxygens (including phenoxy) is 1. The molecule has 0 saturated carbocycles. The number of non-ortho nitro benzene ring substituents is 1. The third-order valence-corrected chi connectivity index (χ3v) is 6.63. The lowest BCUT2D eigenvalue weighted by Crippen LogP contribution is -2.42. The van der Waals surface area contributed by atoms with E-state index in [1.807, 2.05) is 49.4 Å². The minimum absolute atomic E-state index is 0.0188. The predicted octanol–water partition coefficient (Wildman–Crippen LogP) is 5.07. The van der Waals surface area contributed by atoms with Gasteiger partial charge in [0.1, 0.15) is 6.54 Å². The summed E-state index contributed by atoms with van der Waals surface area (Å²) < 4.78 is 5.14. The van der Waals surface area contributed by atoms with Gasteiger partial charge in [0.05, 0.1) is 11.5 Å². The molecule has 2 amide bonds. The van der Waals surface area contributed by atoms with Gasteiger partial charge in [0, 0.05) is 54.8 Å². The molecule has 0 bridgehead atoms. The van der Waals surface area contributed by atoms with Crippen molar-refractivity contribution in [1.82, 2.24) is 9.80 Å². The minimum Gasteiger partial charge on any atom is -0.385 e. The summed E-state index contributed by atoms with van der Waals surface area (Å²) >= 11 is 1.65. The number of amides is 2. The van der Waals surface area contributed by atoms with Crippen molar-refractivity contribution in [2.75, 3.05) is 26.8 Å². The van der Waals surface area contributed by atoms with Crippen LogP contribution in [-0.4, -0.2) is 53.3 Å². The topological polar surface area (TPSA) is 93.0 Å². The summed E-state index contributed by atoms with van der Waals surface area (Å²) in [7, 11) is 1.59. The van der Waals surface area contributed by atoms with E-state index in [4.69, 9.17) is 4.74 Å². The van der Waals surface area contributed by atoms with E-state index in [0.717, 1.165) is 10.4 Å². The Labute approximate surface area is 220 Å². The zero-order chi connectivity index (χ0) is 26.6. The van der Waals surface area contributed by atoms with Crippen LogP contribution in [-0.2, 0) is 27.4 Å². The number of nitro groups is 1. The third-order valence-electron chi connectivity index (χ3n) is 5.65. The van der Waals surface area contributed by atoms with Gasteiger partial charge in [-0.25, -0.2) is 0 Å². The monoisotopic (exact) mass is 521 g/mol. The molecule has 0 spiro atoms. The normalized spacial score (nSPS) is 11.0. The van der Waals surface area contributed by atoms with E-state index < -0.39 is 4.92 Å². The fraction of sp³-hybridized carbons (Fsp3) is 0.286. The maximum absolute atomic E-state index is 13.5. The van der Waals surface area contributed by atoms with Crippen LogP contribution in [0.15, 0.2) is 72.8 Å². The Morgan fingerprint density at radius 3 is 2.35 bits per heavy atom. The molecule has 2 aromatic carbocycles. The average Bonchev–Trinajstić information content (AvgIpc) is 3.31. The lowest BCUT2D eigenvalue weighted by Gasteiger charge is -2.27. The summed E-state index contributed by atoms with van der Waals surface area (Å²) in [4.78, 5) is 42.5. The van der Waals surface area contributed by atoms with E-state index in [1.165, 1.54) is 28.0 Å². The molecule has 3 rings (SSSR count). The van der Waals surface area contributed by atoms with E-state index in [1.54, 1.807) is 41.6 Å². The molecule has 8 nitrogen and oxygen atoms in total. The number of nitrogens with zero attached hydrogens (tertiary/aromatic N) is 3. The zero-order valence-electron chi connectivity index (χ0n) is 21.0. The van der Waals surface area contributed by atoms with E-state index in [-0.39, 0.29) is 24.0 Å². The maximum Gasteiger partial charge on any atom is 0.269 e. The number of rotatable bonds is 13. The first kappa shape index (κ1) is 27.8. The van der Waals surface area contributed by atoms with Crippen LogP contribution in [0.2, 0.25) is 0 Å². The third kappa shape index (κ3) is 8.96. The van der Waals surface area contributed by atoms with Crippen LogP contribution in [0.25, 0.3) is 6.08 Å². The lowest BCUT2D eigenvalue weighted by atomic mass is 10.2. The number of hydrogen-bond donors (Lipinski definition) is 0. The molecule has 1 aromatic heterocycles. The molecule has 0 N–H and O–H groups in total. The molecule has 194 valence electrons. The number of carbonyl (C=O) groups excluding carboxylic acids is 2. The number of hydrogen-bond acceptors (Lipinski definition) is 6. The Hall–Kier alpha value is -3.82. The van der Waals surface area contributed by atoms with Crippen LogP contribution in [0.4, 0.5) is 5.69 Å². The van der Waals surface area contributed by atoms with Crippen molar-refractivity contribution < 1.29 is 19.2 Å². The quantitative estimate of drug-likeness (QED) is 0.135. The SMILES string of the molecule is COCCCN(CC(=O)N(Cc1ccccc1)Cc1ccc(C)s1)C(=O)C=Cc1ccc([N+](=O)[O-])cc1. The second kappa shape index (κ2) is 14.1. The Morgan fingerprint density at radius 2 is 1.73 bits per heavy atom. The lowest BCUT2D eigenvalue weighted by molar-refractivity contribution is -0.384. The van der Waals surface area contributed by atoms with Crippen LogP contribution in [0.5, 0.6) is 0 Å². The molecule has 9 heteroatoms. The van der Waals surface area contributed by atoms with Gasteiger partial charge in [0.2, 0.25) is 11.8 Å². The summed E-state index contributed by atoms with van der Waals surface area (Å²) in [5, 5.41) is 10.9. The Morgan fingerprint density at radius 1 is 1.00 bits per heavy atom. The summed E-state index contributed by atoms with van der Waals surface area (Å²) in [5.74, 6) is -0.459. The van der Waals surface area contributed by atoms with E-state index in [2.05, 4.69) is 0 Å². The molecule has 0 radical (unpaired) electrons. The van der Waals surface area contributed by atoms with Crippen LogP contribution >= 0.6 is 11.3 Å². The molecule has 37 heavy (non-hydrogen) atoms. The summed E-state index contributed by atoms with van der Waals surface area (Å²) in [6.45, 7) is 3.70. The molecule has 1 heterocycles. The fourth-order valence-electron chi connectivity index (χ4n) is 3.70. The van der Waals surface area contributed by atoms with Crippen LogP contribution < -0.4 is 0 Å². The highest BCUT2D eigenvalue weighted by molar-refractivity contribution is 7.11. The van der Waals surface area contributed by atoms with Crippen molar-refractivity contribution in [3.05, 3.63) is 104 Å². The van der Waals surface area contributed by atoms with E-state index in [9.17, 15) is 19.7 Å². The van der Waals surface area contributed by atoms with Gasteiger partial charge in [0.15, 0.2) is 0 Å². The van der Waals surface area contributed by atoms with Crippen molar-refractivity contribution in [3.63, 3.8) is 0 Å². The van der Waals surface area contributed by atoms with Gasteiger partial charge < -0.3 is 14.5 Å². The number of benzene rings is 2. The van der Waals surface area contributed by atoms with Crippen molar-refractivity contribution >= 4 is 34.9 Å². The van der Waals surface area contributed by atoms with Gasteiger partial charge in [-0.05, 0) is 54.8 Å². The van der Waals surface area contributed by atoms with E-state index in [0.29, 0.717) is 38.2 Å². The van der Waals surface area contributed by atoms with Gasteiger partial charge in [-0.15, -0.1) is 11.3 Å². The average molecular weight is 522 g/mol. The number of carbonyl (C=O) groups is 2. The highest BCUT2D eigenvalue weighted by atomic mass is 32.1. The Kier molecular flexibility index (Phi) is 10.5. The minimum atomic E-state index is -0.472. The second-order valence-electron chi connectivity index (χ2n) is 8.54. The maximum atomic E-state index is 13.5. The molecular weight excluding hydrogens is 490 g/mol. The van der Waals surface area contributed by atoms with Crippen LogP contribution in [0, 0.1) is 17.0 Å². The molecule has 0 unspecified atom stereocenters. The molecule has 0 aliphatic heterocycles. The molecule has 3 aromatic rings. The van der Waals surface area contributed by atoms with Crippen molar-refractivity contribution in [1.29, 1.82) is 0 Å². The first-order chi connectivity index (χ1) is 17.9. The Bertz CT molecular complexity index is 1210. The molecular formula is C28H31N3O5S. The first-order valence-electron chi connectivity index (χ1n) is 11.9. The first-order valence-corrected chi connectivity index (χ1v) is 12.7. The summed E-state index contributed by atoms with van der Waals surface area (Å²) in [6, 6.07) is 19.8. The van der Waals surface area contributed by atoms with E-state index >= 15 is 0 Å². The fourth-order valence-corrected chi connectivity index (χ4v) is 4.61. The number of methoxy groups -OCH3 is 1. The molecule has 0 saturated heterocycles. The van der Waals surface area contributed by atoms with Crippen LogP contribution in [0.3, 0.4) is 0 Å². The highest BCUT2D eigenvalue weighted by Gasteiger charge is 2.21. The number of aryl methyl sites for hydroxylation is 1. The second-order valence-corrected chi connectivity index (χ2v) is 9.91. The Balaban J connectivity index is 1.75. The predicted molar refractivity (Wildman–Crippen MR) is 145 cm³/mol. The van der Waals surface area contributed by atoms with Gasteiger partial charge in [-0.2, -0.15) is 0 Å². The summed E-state index contributed by atoms with van der Waals surface area (Å²) in [6.07, 6.45) is 3.57. The van der Waals surface area contributed by atoms with Crippen LogP contribution in [0.1, 0.15) is 27.3 Å². The molecule has 0 atom stereocenters. The van der Waals surface area contributed by atoms with Crippen molar-refractivity contribution in [2.24, 2.45) is 0 Å². The van der Waals surface area contributed by atoms with Gasteiger partial charge >= 0.3 is 0 Å². The van der Waals surface area contributed by atoms with Gasteiger partial charge in [-0.1, -0.05) is 30.3 Å². The highest BCUT2D eigenvalue weighted by Crippen LogP contribution is 2.19. The van der Waals surface area contributed by atoms with Crippen molar-refractivity contribution in [3.8, 4) is 0 Å². The molecule has 0 fully saturated rings. The zero-order valence-corrected chi connectivity index (χ0v) is 21.9. The molecule has 0 aliphatic rings. The van der Waals surface area contributed by atoms with Gasteiger partial charge in [-0.3, -0.25) is 19.7 Å². The van der Waals surface area contributed by atoms with Gasteiger partial charge in [0.25, 0.3) is 5.69 Å². The largest absolute Gasteiger partial charge is 0.385 e. The van der Waals surface area contributed by atoms with Crippen molar-refractivity contribution in [2.45, 2.75) is 26.4 Å². The number of nitro benzene ring substituents is 1. The molecule has 0 aliphatic carbocycles.